The maximum atomic E-state index is 12.9. The molecule has 5 aromatic rings. The third-order valence-corrected chi connectivity index (χ3v) is 4.83. The van der Waals surface area contributed by atoms with Crippen LogP contribution in [-0.4, -0.2) is 20.4 Å². The first-order chi connectivity index (χ1) is 14.3. The molecule has 0 unspecified atom stereocenters. The van der Waals surface area contributed by atoms with Crippen LogP contribution >= 0.6 is 0 Å². The summed E-state index contributed by atoms with van der Waals surface area (Å²) in [5.74, 6) is 0.561. The molecule has 5 rings (SSSR count). The second-order valence-corrected chi connectivity index (χ2v) is 6.74. The predicted octanol–water partition coefficient (Wildman–Crippen LogP) is 5.27. The van der Waals surface area contributed by atoms with E-state index < -0.39 is 0 Å². The highest BCUT2D eigenvalue weighted by atomic mass is 16.1. The molecule has 0 aliphatic rings. The summed E-state index contributed by atoms with van der Waals surface area (Å²) >= 11 is 0. The van der Waals surface area contributed by atoms with E-state index in [1.165, 1.54) is 0 Å². The van der Waals surface area contributed by atoms with Gasteiger partial charge in [0.25, 0.3) is 5.91 Å². The van der Waals surface area contributed by atoms with Crippen molar-refractivity contribution in [2.24, 2.45) is 0 Å². The van der Waals surface area contributed by atoms with E-state index in [4.69, 9.17) is 0 Å². The first-order valence-corrected chi connectivity index (χ1v) is 9.37. The molecule has 5 heteroatoms. The number of hydrogen-bond acceptors (Lipinski definition) is 2. The summed E-state index contributed by atoms with van der Waals surface area (Å²) in [6.45, 7) is 0. The molecule has 0 saturated carbocycles. The summed E-state index contributed by atoms with van der Waals surface area (Å²) in [5.41, 5.74) is 4.94. The van der Waals surface area contributed by atoms with Crippen molar-refractivity contribution >= 4 is 22.6 Å². The van der Waals surface area contributed by atoms with Gasteiger partial charge in [-0.25, -0.2) is 4.98 Å². The monoisotopic (exact) mass is 378 g/mol. The van der Waals surface area contributed by atoms with Gasteiger partial charge in [0.1, 0.15) is 5.82 Å². The van der Waals surface area contributed by atoms with Gasteiger partial charge < -0.3 is 14.9 Å². The molecule has 0 radical (unpaired) electrons. The first-order valence-electron chi connectivity index (χ1n) is 9.37. The van der Waals surface area contributed by atoms with Crippen molar-refractivity contribution in [3.63, 3.8) is 0 Å². The number of benzene rings is 3. The number of aromatic nitrogens is 3. The van der Waals surface area contributed by atoms with Crippen LogP contribution in [0, 0.1) is 0 Å². The lowest BCUT2D eigenvalue weighted by Crippen LogP contribution is -2.13. The Bertz CT molecular complexity index is 1270. The normalized spacial score (nSPS) is 10.9. The van der Waals surface area contributed by atoms with Crippen molar-refractivity contribution in [3.8, 4) is 17.1 Å². The van der Waals surface area contributed by atoms with Gasteiger partial charge in [-0.15, -0.1) is 0 Å². The maximum Gasteiger partial charge on any atom is 0.255 e. The molecule has 0 aliphatic heterocycles. The summed E-state index contributed by atoms with van der Waals surface area (Å²) in [6.07, 6.45) is 3.90. The molecule has 29 heavy (non-hydrogen) atoms. The first kappa shape index (κ1) is 17.0. The van der Waals surface area contributed by atoms with Crippen LogP contribution < -0.4 is 5.32 Å². The number of amides is 1. The fourth-order valence-corrected chi connectivity index (χ4v) is 3.39. The third kappa shape index (κ3) is 3.30. The van der Waals surface area contributed by atoms with Crippen LogP contribution in [0.2, 0.25) is 0 Å². The molecule has 0 saturated heterocycles. The standard InChI is InChI=1S/C24H18N4O/c29-24(17-8-7-9-18(16-17)28-14-5-6-15-28)27-20-11-2-1-10-19(20)23-25-21-12-3-4-13-22(21)26-23/h1-16H,(H,25,26)(H,27,29). The molecule has 2 aromatic heterocycles. The average molecular weight is 378 g/mol. The van der Waals surface area contributed by atoms with E-state index in [0.29, 0.717) is 11.3 Å². The Morgan fingerprint density at radius 2 is 1.66 bits per heavy atom. The van der Waals surface area contributed by atoms with E-state index in [2.05, 4.69) is 15.3 Å². The molecule has 5 nitrogen and oxygen atoms in total. The average Bonchev–Trinajstić information content (AvgIpc) is 3.44. The fraction of sp³-hybridized carbons (Fsp3) is 0. The Morgan fingerprint density at radius 3 is 2.52 bits per heavy atom. The Morgan fingerprint density at radius 1 is 0.862 bits per heavy atom. The van der Waals surface area contributed by atoms with Crippen molar-refractivity contribution in [1.29, 1.82) is 0 Å². The van der Waals surface area contributed by atoms with Gasteiger partial charge in [0, 0.05) is 29.2 Å². The van der Waals surface area contributed by atoms with Crippen LogP contribution in [-0.2, 0) is 0 Å². The zero-order chi connectivity index (χ0) is 19.6. The summed E-state index contributed by atoms with van der Waals surface area (Å²) < 4.78 is 1.97. The van der Waals surface area contributed by atoms with Crippen LogP contribution in [0.3, 0.4) is 0 Å². The molecule has 3 aromatic carbocycles. The zero-order valence-corrected chi connectivity index (χ0v) is 15.5. The van der Waals surface area contributed by atoms with Crippen LogP contribution in [0.5, 0.6) is 0 Å². The highest BCUT2D eigenvalue weighted by Crippen LogP contribution is 2.28. The highest BCUT2D eigenvalue weighted by Gasteiger charge is 2.13. The lowest BCUT2D eigenvalue weighted by atomic mass is 10.1. The topological polar surface area (TPSA) is 62.7 Å². The summed E-state index contributed by atoms with van der Waals surface area (Å²) in [7, 11) is 0. The molecule has 0 bridgehead atoms. The van der Waals surface area contributed by atoms with Crippen LogP contribution in [0.1, 0.15) is 10.4 Å². The van der Waals surface area contributed by atoms with Gasteiger partial charge in [0.15, 0.2) is 0 Å². The Labute approximate surface area is 167 Å². The number of carbonyl (C=O) groups excluding carboxylic acids is 1. The smallest absolute Gasteiger partial charge is 0.255 e. The van der Waals surface area contributed by atoms with E-state index in [1.54, 1.807) is 0 Å². The van der Waals surface area contributed by atoms with E-state index in [9.17, 15) is 4.79 Å². The van der Waals surface area contributed by atoms with Crippen molar-refractivity contribution in [3.05, 3.63) is 103 Å². The van der Waals surface area contributed by atoms with E-state index in [-0.39, 0.29) is 5.91 Å². The van der Waals surface area contributed by atoms with Crippen molar-refractivity contribution < 1.29 is 4.79 Å². The van der Waals surface area contributed by atoms with Gasteiger partial charge in [0.2, 0.25) is 0 Å². The lowest BCUT2D eigenvalue weighted by Gasteiger charge is -2.11. The van der Waals surface area contributed by atoms with Gasteiger partial charge in [-0.1, -0.05) is 30.3 Å². The minimum Gasteiger partial charge on any atom is -0.338 e. The van der Waals surface area contributed by atoms with Gasteiger partial charge in [-0.3, -0.25) is 4.79 Å². The van der Waals surface area contributed by atoms with Crippen LogP contribution in [0.25, 0.3) is 28.1 Å². The van der Waals surface area contributed by atoms with E-state index in [1.807, 2.05) is 102 Å². The van der Waals surface area contributed by atoms with E-state index >= 15 is 0 Å². The number of para-hydroxylation sites is 3. The Kier molecular flexibility index (Phi) is 4.18. The predicted molar refractivity (Wildman–Crippen MR) is 115 cm³/mol. The minimum absolute atomic E-state index is 0.164. The molecule has 0 fully saturated rings. The third-order valence-electron chi connectivity index (χ3n) is 4.83. The van der Waals surface area contributed by atoms with E-state index in [0.717, 1.165) is 28.1 Å². The number of fused-ring (bicyclic) bond motifs is 1. The molecule has 0 spiro atoms. The highest BCUT2D eigenvalue weighted by molar-refractivity contribution is 6.06. The molecule has 0 atom stereocenters. The lowest BCUT2D eigenvalue weighted by molar-refractivity contribution is 0.102. The van der Waals surface area contributed by atoms with Crippen molar-refractivity contribution in [2.75, 3.05) is 5.32 Å². The molecule has 0 aliphatic carbocycles. The maximum absolute atomic E-state index is 12.9. The fourth-order valence-electron chi connectivity index (χ4n) is 3.39. The largest absolute Gasteiger partial charge is 0.338 e. The zero-order valence-electron chi connectivity index (χ0n) is 15.5. The Hall–Kier alpha value is -4.12. The van der Waals surface area contributed by atoms with Gasteiger partial charge in [-0.05, 0) is 54.6 Å². The number of nitrogens with one attached hydrogen (secondary N) is 2. The number of H-pyrrole nitrogens is 1. The van der Waals surface area contributed by atoms with Gasteiger partial charge in [0.05, 0.1) is 16.7 Å². The number of imidazole rings is 1. The van der Waals surface area contributed by atoms with Gasteiger partial charge in [-0.2, -0.15) is 0 Å². The number of carbonyl (C=O) groups is 1. The quantitative estimate of drug-likeness (QED) is 0.447. The second-order valence-electron chi connectivity index (χ2n) is 6.74. The number of hydrogen-bond donors (Lipinski definition) is 2. The van der Waals surface area contributed by atoms with Crippen LogP contribution in [0.4, 0.5) is 5.69 Å². The second kappa shape index (κ2) is 7.13. The molecule has 1 amide bonds. The minimum atomic E-state index is -0.164. The summed E-state index contributed by atoms with van der Waals surface area (Å²) in [4.78, 5) is 20.9. The van der Waals surface area contributed by atoms with Crippen LogP contribution in [0.15, 0.2) is 97.3 Å². The number of rotatable bonds is 4. The molecule has 2 heterocycles. The number of aromatic amines is 1. The molecule has 2 N–H and O–H groups in total. The molecular formula is C24H18N4O. The molecular weight excluding hydrogens is 360 g/mol. The molecule has 140 valence electrons. The van der Waals surface area contributed by atoms with Gasteiger partial charge >= 0.3 is 0 Å². The summed E-state index contributed by atoms with van der Waals surface area (Å²) in [5, 5.41) is 3.03. The summed E-state index contributed by atoms with van der Waals surface area (Å²) in [6, 6.07) is 27.0. The Balaban J connectivity index is 1.47. The van der Waals surface area contributed by atoms with Crippen molar-refractivity contribution in [1.82, 2.24) is 14.5 Å². The number of anilines is 1. The number of nitrogens with zero attached hydrogens (tertiary/aromatic N) is 2. The SMILES string of the molecule is O=C(Nc1ccccc1-c1nc2ccccc2[nH]1)c1cccc(-n2cccc2)c1. The van der Waals surface area contributed by atoms with Crippen molar-refractivity contribution in [2.45, 2.75) is 0 Å².